The monoisotopic (exact) mass is 367 g/mol. The molecule has 0 aliphatic heterocycles. The number of rotatable bonds is 5. The van der Waals surface area contributed by atoms with Crippen LogP contribution < -0.4 is 10.6 Å². The molecule has 0 saturated carbocycles. The van der Waals surface area contributed by atoms with Crippen molar-refractivity contribution in [2.45, 2.75) is 12.8 Å². The predicted molar refractivity (Wildman–Crippen MR) is 90.3 cm³/mol. The summed E-state index contributed by atoms with van der Waals surface area (Å²) in [5.74, 6) is -0.368. The highest BCUT2D eigenvalue weighted by Gasteiger charge is 2.13. The lowest BCUT2D eigenvalue weighted by atomic mass is 10.0. The average Bonchev–Trinajstić information content (AvgIpc) is 2.83. The molecule has 0 aliphatic rings. The zero-order chi connectivity index (χ0) is 15.4. The van der Waals surface area contributed by atoms with Crippen LogP contribution in [0.5, 0.6) is 0 Å². The standard InChI is InChI=1S/C13H14BrN5OS/c1-2-17-12(20)19-13-18-10-4-7(8(5-15)6-16)3-9(14)11(10)21-13/h3-6,8,15-16H,2H2,1H3,(H2,17,18,19,20). The summed E-state index contributed by atoms with van der Waals surface area (Å²) >= 11 is 4.85. The van der Waals surface area contributed by atoms with E-state index in [1.54, 1.807) is 0 Å². The van der Waals surface area contributed by atoms with Crippen molar-refractivity contribution in [3.8, 4) is 0 Å². The lowest BCUT2D eigenvalue weighted by Gasteiger charge is -2.06. The minimum atomic E-state index is -0.368. The van der Waals surface area contributed by atoms with E-state index >= 15 is 0 Å². The number of anilines is 1. The van der Waals surface area contributed by atoms with Gasteiger partial charge in [0.2, 0.25) is 0 Å². The first-order valence-corrected chi connectivity index (χ1v) is 7.86. The Morgan fingerprint density at radius 1 is 1.48 bits per heavy atom. The van der Waals surface area contributed by atoms with E-state index in [1.807, 2.05) is 19.1 Å². The highest BCUT2D eigenvalue weighted by atomic mass is 79.9. The van der Waals surface area contributed by atoms with Gasteiger partial charge in [-0.1, -0.05) is 11.3 Å². The molecule has 0 aliphatic carbocycles. The maximum Gasteiger partial charge on any atom is 0.321 e. The molecule has 0 fully saturated rings. The number of aromatic nitrogens is 1. The zero-order valence-corrected chi connectivity index (χ0v) is 13.6. The number of nitrogens with zero attached hydrogens (tertiary/aromatic N) is 1. The number of thiazole rings is 1. The van der Waals surface area contributed by atoms with Crippen molar-refractivity contribution in [2.75, 3.05) is 11.9 Å². The Labute approximate surface area is 134 Å². The van der Waals surface area contributed by atoms with Crippen LogP contribution in [0.2, 0.25) is 0 Å². The number of amides is 2. The Morgan fingerprint density at radius 3 is 2.81 bits per heavy atom. The molecule has 21 heavy (non-hydrogen) atoms. The van der Waals surface area contributed by atoms with Crippen molar-refractivity contribution in [1.82, 2.24) is 10.3 Å². The van der Waals surface area contributed by atoms with Gasteiger partial charge in [-0.3, -0.25) is 5.32 Å². The van der Waals surface area contributed by atoms with Crippen LogP contribution in [0.25, 0.3) is 10.2 Å². The van der Waals surface area contributed by atoms with E-state index < -0.39 is 0 Å². The molecule has 2 rings (SSSR count). The van der Waals surface area contributed by atoms with E-state index in [-0.39, 0.29) is 11.9 Å². The van der Waals surface area contributed by atoms with Gasteiger partial charge in [-0.15, -0.1) is 0 Å². The Kier molecular flexibility index (Phi) is 5.03. The maximum absolute atomic E-state index is 11.5. The summed E-state index contributed by atoms with van der Waals surface area (Å²) in [7, 11) is 0. The molecule has 2 amide bonds. The highest BCUT2D eigenvalue weighted by Crippen LogP contribution is 2.34. The van der Waals surface area contributed by atoms with Gasteiger partial charge >= 0.3 is 6.03 Å². The summed E-state index contributed by atoms with van der Waals surface area (Å²) in [6.07, 6.45) is 2.42. The molecule has 1 heterocycles. The molecule has 0 saturated heterocycles. The molecule has 1 aromatic heterocycles. The molecular formula is C13H14BrN5OS. The van der Waals surface area contributed by atoms with Gasteiger partial charge in [-0.2, -0.15) is 0 Å². The maximum atomic E-state index is 11.5. The third-order valence-electron chi connectivity index (χ3n) is 2.77. The molecule has 0 unspecified atom stereocenters. The van der Waals surface area contributed by atoms with E-state index in [0.29, 0.717) is 11.7 Å². The van der Waals surface area contributed by atoms with Crippen LogP contribution in [0.15, 0.2) is 16.6 Å². The molecule has 6 nitrogen and oxygen atoms in total. The minimum absolute atomic E-state index is 0.287. The van der Waals surface area contributed by atoms with Gasteiger partial charge in [0.1, 0.15) is 0 Å². The fraction of sp³-hybridized carbons (Fsp3) is 0.231. The van der Waals surface area contributed by atoms with Crippen LogP contribution in [0.4, 0.5) is 9.93 Å². The number of carbonyl (C=O) groups excluding carboxylic acids is 1. The first kappa shape index (κ1) is 15.6. The number of carbonyl (C=O) groups is 1. The Balaban J connectivity index is 2.38. The molecule has 0 bridgehead atoms. The molecular weight excluding hydrogens is 354 g/mol. The van der Waals surface area contributed by atoms with E-state index in [4.69, 9.17) is 10.8 Å². The van der Waals surface area contributed by atoms with Crippen LogP contribution in [0.1, 0.15) is 18.4 Å². The van der Waals surface area contributed by atoms with Crippen LogP contribution in [-0.4, -0.2) is 30.0 Å². The van der Waals surface area contributed by atoms with Gasteiger partial charge in [0.25, 0.3) is 0 Å². The van der Waals surface area contributed by atoms with Crippen LogP contribution in [0, 0.1) is 10.8 Å². The van der Waals surface area contributed by atoms with E-state index in [2.05, 4.69) is 31.5 Å². The second-order valence-electron chi connectivity index (χ2n) is 4.21. The molecule has 0 spiro atoms. The normalized spacial score (nSPS) is 11.9. The topological polar surface area (TPSA) is 102 Å². The lowest BCUT2D eigenvalue weighted by molar-refractivity contribution is 0.252. The first-order chi connectivity index (χ1) is 10.1. The summed E-state index contributed by atoms with van der Waals surface area (Å²) in [5.41, 5.74) is 1.54. The summed E-state index contributed by atoms with van der Waals surface area (Å²) in [4.78, 5) is 15.9. The predicted octanol–water partition coefficient (Wildman–Crippen LogP) is 3.58. The largest absolute Gasteiger partial charge is 0.338 e. The summed E-state index contributed by atoms with van der Waals surface area (Å²) in [5, 5.41) is 20.5. The number of benzene rings is 1. The number of hydrogen-bond acceptors (Lipinski definition) is 5. The van der Waals surface area contributed by atoms with Crippen molar-refractivity contribution in [1.29, 1.82) is 10.8 Å². The van der Waals surface area contributed by atoms with Crippen molar-refractivity contribution in [2.24, 2.45) is 0 Å². The molecule has 2 aromatic rings. The van der Waals surface area contributed by atoms with Gasteiger partial charge in [0.15, 0.2) is 5.13 Å². The van der Waals surface area contributed by atoms with Crippen LogP contribution in [-0.2, 0) is 0 Å². The summed E-state index contributed by atoms with van der Waals surface area (Å²) in [6, 6.07) is 3.42. The Bertz CT molecular complexity index is 691. The summed E-state index contributed by atoms with van der Waals surface area (Å²) in [6.45, 7) is 2.39. The van der Waals surface area contributed by atoms with Crippen molar-refractivity contribution >= 4 is 61.1 Å². The quantitative estimate of drug-likeness (QED) is 0.606. The average molecular weight is 368 g/mol. The van der Waals surface area contributed by atoms with E-state index in [0.717, 1.165) is 20.3 Å². The van der Waals surface area contributed by atoms with Gasteiger partial charge in [-0.05, 0) is 40.5 Å². The number of nitrogens with one attached hydrogen (secondary N) is 4. The number of urea groups is 1. The van der Waals surface area contributed by atoms with E-state index in [1.165, 1.54) is 23.8 Å². The first-order valence-electron chi connectivity index (χ1n) is 6.25. The lowest BCUT2D eigenvalue weighted by Crippen LogP contribution is -2.28. The van der Waals surface area contributed by atoms with Gasteiger partial charge in [0.05, 0.1) is 16.1 Å². The molecule has 0 radical (unpaired) electrons. The molecule has 4 N–H and O–H groups in total. The summed E-state index contributed by atoms with van der Waals surface area (Å²) < 4.78 is 1.75. The SMILES string of the molecule is CCNC(=O)Nc1nc2cc(C(C=N)C=N)cc(Br)c2s1. The molecule has 110 valence electrons. The second-order valence-corrected chi connectivity index (χ2v) is 6.07. The van der Waals surface area contributed by atoms with Crippen LogP contribution in [0.3, 0.4) is 0 Å². The highest BCUT2D eigenvalue weighted by molar-refractivity contribution is 9.10. The third kappa shape index (κ3) is 3.45. The molecule has 1 aromatic carbocycles. The number of halogens is 1. The third-order valence-corrected chi connectivity index (χ3v) is 4.68. The minimum Gasteiger partial charge on any atom is -0.338 e. The number of fused-ring (bicyclic) bond motifs is 1. The Hall–Kier alpha value is -1.80. The molecule has 8 heteroatoms. The van der Waals surface area contributed by atoms with Crippen molar-refractivity contribution in [3.05, 3.63) is 22.2 Å². The zero-order valence-electron chi connectivity index (χ0n) is 11.2. The fourth-order valence-electron chi connectivity index (χ4n) is 1.80. The fourth-order valence-corrected chi connectivity index (χ4v) is 3.36. The van der Waals surface area contributed by atoms with Crippen molar-refractivity contribution < 1.29 is 4.79 Å². The van der Waals surface area contributed by atoms with E-state index in [9.17, 15) is 4.79 Å². The van der Waals surface area contributed by atoms with Gasteiger partial charge < -0.3 is 16.1 Å². The smallest absolute Gasteiger partial charge is 0.321 e. The van der Waals surface area contributed by atoms with Crippen molar-refractivity contribution in [3.63, 3.8) is 0 Å². The van der Waals surface area contributed by atoms with Gasteiger partial charge in [-0.25, -0.2) is 9.78 Å². The van der Waals surface area contributed by atoms with Crippen LogP contribution >= 0.6 is 27.3 Å². The Morgan fingerprint density at radius 2 is 2.19 bits per heavy atom. The van der Waals surface area contributed by atoms with Gasteiger partial charge in [0, 0.05) is 23.4 Å². The number of hydrogen-bond donors (Lipinski definition) is 4. The second kappa shape index (κ2) is 6.77. The molecule has 0 atom stereocenters.